The van der Waals surface area contributed by atoms with E-state index in [2.05, 4.69) is 14.8 Å². The van der Waals surface area contributed by atoms with E-state index < -0.39 is 34.0 Å². The molecule has 0 bridgehead atoms. The third kappa shape index (κ3) is 5.79. The molecule has 1 amide bonds. The Bertz CT molecular complexity index is 662. The van der Waals surface area contributed by atoms with Crippen LogP contribution in [0.4, 0.5) is 0 Å². The molecule has 0 aromatic heterocycles. The molecule has 2 atom stereocenters. The van der Waals surface area contributed by atoms with Gasteiger partial charge in [0.25, 0.3) is 0 Å². The smallest absolute Gasteiger partial charge is 0.334 e. The highest BCUT2D eigenvalue weighted by molar-refractivity contribution is 7.89. The second-order valence-electron chi connectivity index (χ2n) is 4.60. The minimum Gasteiger partial charge on any atom is -0.479 e. The Labute approximate surface area is 138 Å². The highest BCUT2D eigenvalue weighted by Gasteiger charge is 2.24. The van der Waals surface area contributed by atoms with Crippen molar-refractivity contribution >= 4 is 33.5 Å². The monoisotopic (exact) mass is 364 g/mol. The van der Waals surface area contributed by atoms with Gasteiger partial charge in [0.2, 0.25) is 15.9 Å². The van der Waals surface area contributed by atoms with Crippen molar-refractivity contribution in [3.05, 3.63) is 29.3 Å². The van der Waals surface area contributed by atoms with Crippen molar-refractivity contribution in [2.45, 2.75) is 24.0 Å². The van der Waals surface area contributed by atoms with Crippen LogP contribution in [-0.2, 0) is 24.3 Å². The van der Waals surface area contributed by atoms with Gasteiger partial charge in [0, 0.05) is 12.1 Å². The fourth-order valence-electron chi connectivity index (χ4n) is 1.59. The van der Waals surface area contributed by atoms with Crippen molar-refractivity contribution in [3.8, 4) is 0 Å². The van der Waals surface area contributed by atoms with Gasteiger partial charge < -0.3 is 15.2 Å². The Morgan fingerprint density at radius 1 is 1.30 bits per heavy atom. The first-order valence-electron chi connectivity index (χ1n) is 6.48. The van der Waals surface area contributed by atoms with Crippen molar-refractivity contribution in [2.75, 3.05) is 13.7 Å². The second-order valence-corrected chi connectivity index (χ2v) is 6.76. The van der Waals surface area contributed by atoms with Gasteiger partial charge >= 0.3 is 5.97 Å². The number of halogens is 1. The number of amides is 1. The number of nitrogens with one attached hydrogen (secondary N) is 2. The number of hydrogen-bond donors (Lipinski definition) is 3. The third-order valence-corrected chi connectivity index (χ3v) is 4.68. The first-order chi connectivity index (χ1) is 10.7. The molecule has 8 nitrogen and oxygen atoms in total. The number of methoxy groups -OCH3 is 1. The normalized spacial score (nSPS) is 14.0. The minimum absolute atomic E-state index is 0.0399. The number of aliphatic carboxylic acids is 1. The predicted molar refractivity (Wildman–Crippen MR) is 82.7 cm³/mol. The molecule has 10 heteroatoms. The average Bonchev–Trinajstić information content (AvgIpc) is 2.47. The molecule has 23 heavy (non-hydrogen) atoms. The first-order valence-corrected chi connectivity index (χ1v) is 8.34. The van der Waals surface area contributed by atoms with Gasteiger partial charge in [-0.05, 0) is 31.2 Å². The summed E-state index contributed by atoms with van der Waals surface area (Å²) in [5, 5.41) is 11.5. The zero-order valence-corrected chi connectivity index (χ0v) is 14.0. The van der Waals surface area contributed by atoms with Crippen molar-refractivity contribution in [2.24, 2.45) is 0 Å². The van der Waals surface area contributed by atoms with E-state index in [1.54, 1.807) is 0 Å². The lowest BCUT2D eigenvalue weighted by Crippen LogP contribution is -2.47. The molecule has 0 heterocycles. The molecule has 3 N–H and O–H groups in total. The van der Waals surface area contributed by atoms with Crippen LogP contribution in [-0.4, -0.2) is 51.2 Å². The number of ether oxygens (including phenoxy) is 1. The molecule has 0 spiro atoms. The summed E-state index contributed by atoms with van der Waals surface area (Å²) in [5.41, 5.74) is 0. The summed E-state index contributed by atoms with van der Waals surface area (Å²) in [6.07, 6.45) is -1.21. The minimum atomic E-state index is -3.90. The Morgan fingerprint density at radius 3 is 2.35 bits per heavy atom. The summed E-state index contributed by atoms with van der Waals surface area (Å²) < 4.78 is 31.1. The van der Waals surface area contributed by atoms with Gasteiger partial charge in [0.1, 0.15) is 0 Å². The molecule has 2 unspecified atom stereocenters. The molecule has 128 valence electrons. The molecule has 0 aliphatic carbocycles. The molecule has 0 saturated heterocycles. The van der Waals surface area contributed by atoms with Crippen molar-refractivity contribution < 1.29 is 27.9 Å². The Balaban J connectivity index is 2.67. The van der Waals surface area contributed by atoms with E-state index in [0.717, 1.165) is 0 Å². The molecular formula is C13H17ClN2O6S. The van der Waals surface area contributed by atoms with E-state index >= 15 is 0 Å². The van der Waals surface area contributed by atoms with Crippen LogP contribution in [0.25, 0.3) is 0 Å². The zero-order valence-electron chi connectivity index (χ0n) is 12.4. The van der Waals surface area contributed by atoms with Crippen LogP contribution in [0.15, 0.2) is 29.2 Å². The lowest BCUT2D eigenvalue weighted by Gasteiger charge is -2.16. The van der Waals surface area contributed by atoms with Crippen LogP contribution in [0.1, 0.15) is 6.92 Å². The summed E-state index contributed by atoms with van der Waals surface area (Å²) >= 11 is 5.69. The third-order valence-electron chi connectivity index (χ3n) is 2.87. The largest absolute Gasteiger partial charge is 0.479 e. The molecule has 1 rings (SSSR count). The second kappa shape index (κ2) is 8.25. The number of sulfonamides is 1. The maximum absolute atomic E-state index is 12.1. The summed E-state index contributed by atoms with van der Waals surface area (Å²) in [5.74, 6) is -1.91. The number of carboxylic acids is 1. The fraction of sp³-hybridized carbons (Fsp3) is 0.385. The number of hydrogen-bond acceptors (Lipinski definition) is 5. The molecule has 0 fully saturated rings. The predicted octanol–water partition coefficient (Wildman–Crippen LogP) is 0.223. The summed E-state index contributed by atoms with van der Waals surface area (Å²) in [7, 11) is -2.71. The van der Waals surface area contributed by atoms with Gasteiger partial charge in [-0.2, -0.15) is 4.72 Å². The van der Waals surface area contributed by atoms with E-state index in [0.29, 0.717) is 5.02 Å². The van der Waals surface area contributed by atoms with Gasteiger partial charge in [0.15, 0.2) is 6.10 Å². The maximum atomic E-state index is 12.1. The van der Waals surface area contributed by atoms with E-state index in [-0.39, 0.29) is 11.4 Å². The fourth-order valence-corrected chi connectivity index (χ4v) is 2.91. The standard InChI is InChI=1S/C13H17ClN2O6S/c1-8(12(17)15-7-11(22-2)13(18)19)16-23(20,21)10-5-3-9(14)4-6-10/h3-6,8,11,16H,7H2,1-2H3,(H,15,17)(H,18,19). The number of benzene rings is 1. The Kier molecular flexibility index (Phi) is 6.95. The number of rotatable bonds is 8. The van der Waals surface area contributed by atoms with Gasteiger partial charge in [-0.15, -0.1) is 0 Å². The molecule has 0 aliphatic heterocycles. The number of carbonyl (C=O) groups excluding carboxylic acids is 1. The zero-order chi connectivity index (χ0) is 17.6. The molecule has 1 aromatic carbocycles. The van der Waals surface area contributed by atoms with Crippen LogP contribution in [0, 0.1) is 0 Å². The number of carbonyl (C=O) groups is 2. The SMILES string of the molecule is COC(CNC(=O)C(C)NS(=O)(=O)c1ccc(Cl)cc1)C(=O)O. The van der Waals surface area contributed by atoms with Crippen LogP contribution < -0.4 is 10.0 Å². The molecule has 0 saturated carbocycles. The van der Waals surface area contributed by atoms with E-state index in [1.165, 1.54) is 38.3 Å². The molecule has 1 aromatic rings. The van der Waals surface area contributed by atoms with E-state index in [4.69, 9.17) is 16.7 Å². The highest BCUT2D eigenvalue weighted by atomic mass is 35.5. The lowest BCUT2D eigenvalue weighted by atomic mass is 10.3. The Morgan fingerprint density at radius 2 is 1.87 bits per heavy atom. The first kappa shape index (κ1) is 19.4. The summed E-state index contributed by atoms with van der Waals surface area (Å²) in [4.78, 5) is 22.6. The topological polar surface area (TPSA) is 122 Å². The molecule has 0 aliphatic rings. The van der Waals surface area contributed by atoms with Gasteiger partial charge in [-0.1, -0.05) is 11.6 Å². The van der Waals surface area contributed by atoms with E-state index in [1.807, 2.05) is 0 Å². The van der Waals surface area contributed by atoms with E-state index in [9.17, 15) is 18.0 Å². The average molecular weight is 365 g/mol. The highest BCUT2D eigenvalue weighted by Crippen LogP contribution is 2.14. The maximum Gasteiger partial charge on any atom is 0.334 e. The Hall–Kier alpha value is -1.68. The summed E-state index contributed by atoms with van der Waals surface area (Å²) in [6.45, 7) is 1.06. The van der Waals surface area contributed by atoms with Gasteiger partial charge in [-0.3, -0.25) is 4.79 Å². The van der Waals surface area contributed by atoms with Crippen molar-refractivity contribution in [1.29, 1.82) is 0 Å². The van der Waals surface area contributed by atoms with Crippen molar-refractivity contribution in [3.63, 3.8) is 0 Å². The van der Waals surface area contributed by atoms with Crippen LogP contribution in [0.5, 0.6) is 0 Å². The quantitative estimate of drug-likeness (QED) is 0.606. The molecule has 0 radical (unpaired) electrons. The van der Waals surface area contributed by atoms with Crippen LogP contribution in [0.3, 0.4) is 0 Å². The lowest BCUT2D eigenvalue weighted by molar-refractivity contribution is -0.148. The van der Waals surface area contributed by atoms with Crippen LogP contribution in [0.2, 0.25) is 5.02 Å². The molecular weight excluding hydrogens is 348 g/mol. The van der Waals surface area contributed by atoms with Crippen LogP contribution >= 0.6 is 11.6 Å². The van der Waals surface area contributed by atoms with Gasteiger partial charge in [-0.25, -0.2) is 13.2 Å². The van der Waals surface area contributed by atoms with Crippen molar-refractivity contribution in [1.82, 2.24) is 10.0 Å². The number of carboxylic acid groups (broad SMARTS) is 1. The summed E-state index contributed by atoms with van der Waals surface area (Å²) in [6, 6.07) is 4.34. The van der Waals surface area contributed by atoms with Gasteiger partial charge in [0.05, 0.1) is 17.5 Å².